The van der Waals surface area contributed by atoms with E-state index < -0.39 is 10.0 Å². The number of anilines is 2. The highest BCUT2D eigenvalue weighted by atomic mass is 35.5. The highest BCUT2D eigenvalue weighted by molar-refractivity contribution is 8.00. The summed E-state index contributed by atoms with van der Waals surface area (Å²) >= 11 is 8.61. The zero-order chi connectivity index (χ0) is 28.1. The Morgan fingerprint density at radius 1 is 1.00 bits per heavy atom. The number of nitrogens with one attached hydrogen (secondary N) is 2. The van der Waals surface area contributed by atoms with E-state index in [9.17, 15) is 13.2 Å². The number of nitrogens with zero attached hydrogens (tertiary/aromatic N) is 1. The molecule has 0 aliphatic rings. The Kier molecular flexibility index (Phi) is 8.55. The van der Waals surface area contributed by atoms with Crippen molar-refractivity contribution in [3.8, 4) is 5.75 Å². The predicted octanol–water partition coefficient (Wildman–Crippen LogP) is 7.17. The number of rotatable bonds is 10. The second-order valence-corrected chi connectivity index (χ2v) is 12.5. The lowest BCUT2D eigenvalue weighted by Gasteiger charge is -2.10. The van der Waals surface area contributed by atoms with Crippen molar-refractivity contribution in [1.82, 2.24) is 4.98 Å². The van der Waals surface area contributed by atoms with Crippen molar-refractivity contribution >= 4 is 73.5 Å². The van der Waals surface area contributed by atoms with Crippen LogP contribution >= 0.6 is 35.1 Å². The first-order chi connectivity index (χ1) is 19.3. The minimum atomic E-state index is -3.86. The molecule has 1 aromatic heterocycles. The monoisotopic (exact) mass is 611 g/mol. The van der Waals surface area contributed by atoms with Gasteiger partial charge in [-0.05, 0) is 78.9 Å². The molecule has 12 heteroatoms. The zero-order valence-corrected chi connectivity index (χ0v) is 24.2. The highest BCUT2D eigenvalue weighted by Crippen LogP contribution is 2.34. The fraction of sp³-hybridized carbons (Fsp3) is 0.0714. The molecule has 5 rings (SSSR count). The van der Waals surface area contributed by atoms with Crippen molar-refractivity contribution in [3.63, 3.8) is 0 Å². The number of ether oxygens (including phenoxy) is 1. The van der Waals surface area contributed by atoms with Gasteiger partial charge in [0.2, 0.25) is 5.91 Å². The molecule has 8 nitrogen and oxygen atoms in total. The molecule has 0 bridgehead atoms. The number of methoxy groups -OCH3 is 1. The van der Waals surface area contributed by atoms with Gasteiger partial charge < -0.3 is 14.5 Å². The van der Waals surface area contributed by atoms with Gasteiger partial charge in [-0.1, -0.05) is 47.3 Å². The summed E-state index contributed by atoms with van der Waals surface area (Å²) in [6.45, 7) is 0. The molecule has 0 saturated carbocycles. The van der Waals surface area contributed by atoms with Crippen LogP contribution in [0, 0.1) is 0 Å². The Balaban J connectivity index is 1.22. The molecule has 1 amide bonds. The smallest absolute Gasteiger partial charge is 0.261 e. The average molecular weight is 612 g/mol. The molecule has 0 saturated heterocycles. The molecular weight excluding hydrogens is 590 g/mol. The lowest BCUT2D eigenvalue weighted by atomic mass is 10.3. The summed E-state index contributed by atoms with van der Waals surface area (Å²) in [6, 6.07) is 25.9. The number of fused-ring (bicyclic) bond motifs is 1. The first-order valence-electron chi connectivity index (χ1n) is 11.8. The van der Waals surface area contributed by atoms with Crippen LogP contribution in [0.25, 0.3) is 11.1 Å². The average Bonchev–Trinajstić information content (AvgIpc) is 3.37. The van der Waals surface area contributed by atoms with Crippen LogP contribution in [0.3, 0.4) is 0 Å². The number of carbonyl (C=O) groups excluding carboxylic acids is 1. The molecule has 1 heterocycles. The molecule has 0 atom stereocenters. The number of amides is 1. The third-order valence-electron chi connectivity index (χ3n) is 5.52. The molecule has 0 radical (unpaired) electrons. The van der Waals surface area contributed by atoms with Crippen molar-refractivity contribution in [3.05, 3.63) is 96.0 Å². The summed E-state index contributed by atoms with van der Waals surface area (Å²) < 4.78 is 39.1. The zero-order valence-electron chi connectivity index (χ0n) is 21.0. The third-order valence-corrected chi connectivity index (χ3v) is 9.06. The number of sulfonamides is 1. The number of hydrogen-bond donors (Lipinski definition) is 2. The van der Waals surface area contributed by atoms with Crippen LogP contribution in [-0.4, -0.2) is 32.2 Å². The molecule has 40 heavy (non-hydrogen) atoms. The highest BCUT2D eigenvalue weighted by Gasteiger charge is 2.18. The topological polar surface area (TPSA) is 111 Å². The van der Waals surface area contributed by atoms with Crippen molar-refractivity contribution in [2.24, 2.45) is 0 Å². The molecule has 0 aliphatic heterocycles. The van der Waals surface area contributed by atoms with Crippen LogP contribution in [0.15, 0.2) is 115 Å². The Labute approximate surface area is 244 Å². The lowest BCUT2D eigenvalue weighted by molar-refractivity contribution is -0.113. The van der Waals surface area contributed by atoms with E-state index in [1.165, 1.54) is 31.0 Å². The maximum Gasteiger partial charge on any atom is 0.261 e. The number of benzene rings is 4. The molecule has 0 spiro atoms. The van der Waals surface area contributed by atoms with Gasteiger partial charge in [-0.25, -0.2) is 13.4 Å². The number of oxazole rings is 1. The van der Waals surface area contributed by atoms with Gasteiger partial charge in [0.05, 0.1) is 23.4 Å². The van der Waals surface area contributed by atoms with E-state index in [1.54, 1.807) is 30.3 Å². The number of hydrogen-bond acceptors (Lipinski definition) is 8. The lowest BCUT2D eigenvalue weighted by Crippen LogP contribution is -2.14. The number of para-hydroxylation sites is 1. The predicted molar refractivity (Wildman–Crippen MR) is 159 cm³/mol. The summed E-state index contributed by atoms with van der Waals surface area (Å²) in [7, 11) is -2.32. The summed E-state index contributed by atoms with van der Waals surface area (Å²) in [5, 5.41) is 3.85. The molecule has 0 aliphatic carbocycles. The largest absolute Gasteiger partial charge is 0.497 e. The normalized spacial score (nSPS) is 11.3. The van der Waals surface area contributed by atoms with Gasteiger partial charge in [0.25, 0.3) is 15.2 Å². The second-order valence-electron chi connectivity index (χ2n) is 8.33. The van der Waals surface area contributed by atoms with E-state index in [1.807, 2.05) is 48.5 Å². The first kappa shape index (κ1) is 27.9. The van der Waals surface area contributed by atoms with Crippen LogP contribution in [-0.2, 0) is 14.8 Å². The Morgan fingerprint density at radius 3 is 2.50 bits per heavy atom. The Bertz CT molecular complexity index is 1760. The minimum Gasteiger partial charge on any atom is -0.497 e. The number of halogens is 1. The fourth-order valence-electron chi connectivity index (χ4n) is 3.59. The number of thioether (sulfide) groups is 1. The minimum absolute atomic E-state index is 0.0354. The van der Waals surface area contributed by atoms with E-state index in [0.29, 0.717) is 33.2 Å². The van der Waals surface area contributed by atoms with E-state index >= 15 is 0 Å². The van der Waals surface area contributed by atoms with E-state index in [0.717, 1.165) is 21.6 Å². The maximum atomic E-state index is 12.9. The van der Waals surface area contributed by atoms with Crippen molar-refractivity contribution in [2.45, 2.75) is 19.9 Å². The molecule has 4 aromatic carbocycles. The second kappa shape index (κ2) is 12.3. The van der Waals surface area contributed by atoms with E-state index in [2.05, 4.69) is 15.0 Å². The van der Waals surface area contributed by atoms with Gasteiger partial charge in [-0.15, -0.1) is 0 Å². The van der Waals surface area contributed by atoms with Crippen LogP contribution in [0.1, 0.15) is 0 Å². The standard InChI is InChI=1S/C28H22ClN3O5S3/c1-36-20-10-8-19(9-11-20)32-40(34,35)22-14-15-25-24(16-22)31-28(37-25)38-17-27(33)30-23-4-2-3-5-26(23)39-21-12-6-18(29)7-13-21/h2-16,32H,17H2,1H3,(H,30,33). The third kappa shape index (κ3) is 6.92. The van der Waals surface area contributed by atoms with Crippen LogP contribution in [0.5, 0.6) is 5.75 Å². The van der Waals surface area contributed by atoms with Gasteiger partial charge >= 0.3 is 0 Å². The van der Waals surface area contributed by atoms with Crippen LogP contribution in [0.4, 0.5) is 11.4 Å². The fourth-order valence-corrected chi connectivity index (χ4v) is 6.33. The van der Waals surface area contributed by atoms with Crippen molar-refractivity contribution < 1.29 is 22.4 Å². The summed E-state index contributed by atoms with van der Waals surface area (Å²) in [4.78, 5) is 19.0. The molecule has 5 aromatic rings. The first-order valence-corrected chi connectivity index (χ1v) is 15.5. The summed E-state index contributed by atoms with van der Waals surface area (Å²) in [5.41, 5.74) is 1.86. The molecule has 2 N–H and O–H groups in total. The SMILES string of the molecule is COc1ccc(NS(=O)(=O)c2ccc3oc(SCC(=O)Nc4ccccc4Sc4ccc(Cl)cc4)nc3c2)cc1. The van der Waals surface area contributed by atoms with Gasteiger partial charge in [0.1, 0.15) is 11.3 Å². The molecule has 0 fully saturated rings. The van der Waals surface area contributed by atoms with Gasteiger partial charge in [0, 0.05) is 20.5 Å². The van der Waals surface area contributed by atoms with E-state index in [4.69, 9.17) is 20.8 Å². The molecule has 204 valence electrons. The van der Waals surface area contributed by atoms with Gasteiger partial charge in [-0.2, -0.15) is 0 Å². The maximum absolute atomic E-state index is 12.9. The quantitative estimate of drug-likeness (QED) is 0.160. The summed E-state index contributed by atoms with van der Waals surface area (Å²) in [5.74, 6) is 0.437. The van der Waals surface area contributed by atoms with Gasteiger partial charge in [0.15, 0.2) is 5.58 Å². The molecule has 0 unspecified atom stereocenters. The van der Waals surface area contributed by atoms with Crippen molar-refractivity contribution in [1.29, 1.82) is 0 Å². The Hall–Kier alpha value is -3.64. The Morgan fingerprint density at radius 2 is 1.75 bits per heavy atom. The van der Waals surface area contributed by atoms with Crippen LogP contribution < -0.4 is 14.8 Å². The molecular formula is C28H22ClN3O5S3. The van der Waals surface area contributed by atoms with Crippen LogP contribution in [0.2, 0.25) is 5.02 Å². The van der Waals surface area contributed by atoms with Gasteiger partial charge in [-0.3, -0.25) is 9.52 Å². The summed E-state index contributed by atoms with van der Waals surface area (Å²) in [6.07, 6.45) is 0. The van der Waals surface area contributed by atoms with E-state index in [-0.39, 0.29) is 21.8 Å². The number of carbonyl (C=O) groups is 1. The van der Waals surface area contributed by atoms with Crippen molar-refractivity contribution in [2.75, 3.05) is 22.9 Å². The number of aromatic nitrogens is 1.